The van der Waals surface area contributed by atoms with Crippen molar-refractivity contribution in [3.63, 3.8) is 0 Å². The van der Waals surface area contributed by atoms with Gasteiger partial charge in [-0.1, -0.05) is 25.1 Å². The molecule has 126 valence electrons. The normalized spacial score (nSPS) is 11.4. The highest BCUT2D eigenvalue weighted by Gasteiger charge is 2.21. The van der Waals surface area contributed by atoms with E-state index in [2.05, 4.69) is 0 Å². The zero-order chi connectivity index (χ0) is 17.9. The zero-order valence-electron chi connectivity index (χ0n) is 14.2. The maximum Gasteiger partial charge on any atom is 0.342 e. The average Bonchev–Trinajstić information content (AvgIpc) is 2.59. The first-order valence-corrected chi connectivity index (χ1v) is 7.57. The van der Waals surface area contributed by atoms with E-state index in [0.29, 0.717) is 16.9 Å². The standard InChI is InChI=1S/C19H20O5/c1-5-12-7-6-8-14-13(9-11(2)18(20)21)10-15(23-3)17(16(12)14)19(22)24-4/h6-10H,5H2,1-4H3,(H,20,21)/b11-9-. The van der Waals surface area contributed by atoms with Crippen LogP contribution in [0, 0.1) is 0 Å². The van der Waals surface area contributed by atoms with E-state index in [1.165, 1.54) is 21.1 Å². The Bertz CT molecular complexity index is 833. The number of hydrogen-bond donors (Lipinski definition) is 1. The molecule has 0 aliphatic rings. The molecule has 2 aromatic rings. The number of aliphatic carboxylic acids is 1. The van der Waals surface area contributed by atoms with Crippen LogP contribution in [-0.4, -0.2) is 31.3 Å². The van der Waals surface area contributed by atoms with Crippen LogP contribution in [0.15, 0.2) is 29.8 Å². The highest BCUT2D eigenvalue weighted by Crippen LogP contribution is 2.35. The van der Waals surface area contributed by atoms with Crippen LogP contribution in [-0.2, 0) is 16.0 Å². The third-order valence-electron chi connectivity index (χ3n) is 3.94. The summed E-state index contributed by atoms with van der Waals surface area (Å²) >= 11 is 0. The lowest BCUT2D eigenvalue weighted by Crippen LogP contribution is -2.07. The van der Waals surface area contributed by atoms with Gasteiger partial charge in [0.15, 0.2) is 0 Å². The molecule has 0 aliphatic heterocycles. The predicted octanol–water partition coefficient (Wildman–Crippen LogP) is 3.69. The fraction of sp³-hybridized carbons (Fsp3) is 0.263. The van der Waals surface area contributed by atoms with Gasteiger partial charge in [0.05, 0.1) is 14.2 Å². The average molecular weight is 328 g/mol. The molecule has 1 N–H and O–H groups in total. The second kappa shape index (κ2) is 7.17. The van der Waals surface area contributed by atoms with Crippen molar-refractivity contribution >= 4 is 28.8 Å². The highest BCUT2D eigenvalue weighted by atomic mass is 16.5. The topological polar surface area (TPSA) is 72.8 Å². The number of fused-ring (bicyclic) bond motifs is 1. The Balaban J connectivity index is 2.96. The van der Waals surface area contributed by atoms with Gasteiger partial charge < -0.3 is 14.6 Å². The molecule has 24 heavy (non-hydrogen) atoms. The number of hydrogen-bond acceptors (Lipinski definition) is 4. The summed E-state index contributed by atoms with van der Waals surface area (Å²) in [5.74, 6) is -1.12. The van der Waals surface area contributed by atoms with Crippen molar-refractivity contribution in [2.24, 2.45) is 0 Å². The van der Waals surface area contributed by atoms with E-state index in [-0.39, 0.29) is 5.57 Å². The lowest BCUT2D eigenvalue weighted by Gasteiger charge is -2.16. The van der Waals surface area contributed by atoms with Crippen molar-refractivity contribution in [1.82, 2.24) is 0 Å². The van der Waals surface area contributed by atoms with Gasteiger partial charge in [0.1, 0.15) is 11.3 Å². The molecule has 0 aromatic heterocycles. The molecular formula is C19H20O5. The van der Waals surface area contributed by atoms with E-state index in [4.69, 9.17) is 14.6 Å². The summed E-state index contributed by atoms with van der Waals surface area (Å²) in [5, 5.41) is 10.7. The van der Waals surface area contributed by atoms with E-state index in [1.54, 1.807) is 12.1 Å². The van der Waals surface area contributed by atoms with E-state index in [1.807, 2.05) is 25.1 Å². The van der Waals surface area contributed by atoms with Crippen molar-refractivity contribution in [3.05, 3.63) is 46.5 Å². The van der Waals surface area contributed by atoms with Crippen LogP contribution >= 0.6 is 0 Å². The fourth-order valence-corrected chi connectivity index (χ4v) is 2.73. The predicted molar refractivity (Wildman–Crippen MR) is 92.5 cm³/mol. The Hall–Kier alpha value is -2.82. The minimum atomic E-state index is -0.995. The Morgan fingerprint density at radius 1 is 1.25 bits per heavy atom. The van der Waals surface area contributed by atoms with Gasteiger partial charge in [0.2, 0.25) is 0 Å². The minimum absolute atomic E-state index is 0.200. The molecule has 0 unspecified atom stereocenters. The van der Waals surface area contributed by atoms with Crippen LogP contribution < -0.4 is 4.74 Å². The molecule has 0 saturated heterocycles. The van der Waals surface area contributed by atoms with Crippen molar-refractivity contribution in [3.8, 4) is 5.75 Å². The number of aryl methyl sites for hydroxylation is 1. The smallest absolute Gasteiger partial charge is 0.342 e. The molecule has 0 fully saturated rings. The van der Waals surface area contributed by atoms with Crippen LogP contribution in [0.1, 0.15) is 35.3 Å². The third kappa shape index (κ3) is 3.11. The first-order valence-electron chi connectivity index (χ1n) is 7.57. The SMILES string of the molecule is CCc1cccc2c(/C=C(/C)C(=O)O)cc(OC)c(C(=O)OC)c12. The maximum atomic E-state index is 12.3. The summed E-state index contributed by atoms with van der Waals surface area (Å²) in [6.07, 6.45) is 2.29. The summed E-state index contributed by atoms with van der Waals surface area (Å²) in [5.41, 5.74) is 2.21. The van der Waals surface area contributed by atoms with Gasteiger partial charge >= 0.3 is 11.9 Å². The summed E-state index contributed by atoms with van der Waals surface area (Å²) in [4.78, 5) is 23.5. The molecule has 0 heterocycles. The van der Waals surface area contributed by atoms with Crippen LogP contribution in [0.5, 0.6) is 5.75 Å². The molecule has 5 nitrogen and oxygen atoms in total. The number of esters is 1. The van der Waals surface area contributed by atoms with Crippen molar-refractivity contribution in [2.45, 2.75) is 20.3 Å². The van der Waals surface area contributed by atoms with Gasteiger partial charge in [0, 0.05) is 11.0 Å². The van der Waals surface area contributed by atoms with Crippen LogP contribution in [0.4, 0.5) is 0 Å². The number of carboxylic acids is 1. The minimum Gasteiger partial charge on any atom is -0.496 e. The van der Waals surface area contributed by atoms with E-state index >= 15 is 0 Å². The molecule has 2 rings (SSSR count). The second-order valence-corrected chi connectivity index (χ2v) is 5.36. The Labute approximate surface area is 140 Å². The Morgan fingerprint density at radius 2 is 1.96 bits per heavy atom. The largest absolute Gasteiger partial charge is 0.496 e. The molecule has 0 bridgehead atoms. The molecular weight excluding hydrogens is 308 g/mol. The van der Waals surface area contributed by atoms with Gasteiger partial charge in [-0.2, -0.15) is 0 Å². The zero-order valence-corrected chi connectivity index (χ0v) is 14.2. The van der Waals surface area contributed by atoms with Crippen LogP contribution in [0.25, 0.3) is 16.8 Å². The number of benzene rings is 2. The number of carbonyl (C=O) groups is 2. The van der Waals surface area contributed by atoms with Crippen molar-refractivity contribution in [2.75, 3.05) is 14.2 Å². The summed E-state index contributed by atoms with van der Waals surface area (Å²) in [6, 6.07) is 7.36. The number of rotatable bonds is 5. The lowest BCUT2D eigenvalue weighted by atomic mass is 9.92. The second-order valence-electron chi connectivity index (χ2n) is 5.36. The molecule has 0 saturated carbocycles. The highest BCUT2D eigenvalue weighted by molar-refractivity contribution is 6.11. The van der Waals surface area contributed by atoms with Crippen LogP contribution in [0.2, 0.25) is 0 Å². The van der Waals surface area contributed by atoms with Crippen LogP contribution in [0.3, 0.4) is 0 Å². The molecule has 0 spiro atoms. The lowest BCUT2D eigenvalue weighted by molar-refractivity contribution is -0.132. The van der Waals surface area contributed by atoms with Crippen molar-refractivity contribution < 1.29 is 24.2 Å². The number of carbonyl (C=O) groups excluding carboxylic acids is 1. The summed E-state index contributed by atoms with van der Waals surface area (Å²) in [7, 11) is 2.80. The monoisotopic (exact) mass is 328 g/mol. The molecule has 0 amide bonds. The van der Waals surface area contributed by atoms with Crippen molar-refractivity contribution in [1.29, 1.82) is 0 Å². The van der Waals surface area contributed by atoms with Gasteiger partial charge in [-0.15, -0.1) is 0 Å². The number of ether oxygens (including phenoxy) is 2. The molecule has 2 aromatic carbocycles. The summed E-state index contributed by atoms with van der Waals surface area (Å²) in [6.45, 7) is 3.52. The Morgan fingerprint density at radius 3 is 2.50 bits per heavy atom. The van der Waals surface area contributed by atoms with E-state index < -0.39 is 11.9 Å². The first kappa shape index (κ1) is 17.5. The summed E-state index contributed by atoms with van der Waals surface area (Å²) < 4.78 is 10.3. The Kier molecular flexibility index (Phi) is 5.24. The van der Waals surface area contributed by atoms with Gasteiger partial charge in [-0.05, 0) is 42.0 Å². The van der Waals surface area contributed by atoms with Gasteiger partial charge in [0.25, 0.3) is 0 Å². The quantitative estimate of drug-likeness (QED) is 0.669. The van der Waals surface area contributed by atoms with Gasteiger partial charge in [-0.3, -0.25) is 0 Å². The number of carboxylic acid groups (broad SMARTS) is 1. The van der Waals surface area contributed by atoms with Gasteiger partial charge in [-0.25, -0.2) is 9.59 Å². The molecule has 0 radical (unpaired) electrons. The first-order chi connectivity index (χ1) is 11.4. The molecule has 0 atom stereocenters. The van der Waals surface area contributed by atoms with E-state index in [9.17, 15) is 9.59 Å². The maximum absolute atomic E-state index is 12.3. The van der Waals surface area contributed by atoms with E-state index in [0.717, 1.165) is 22.8 Å². The number of methoxy groups -OCH3 is 2. The third-order valence-corrected chi connectivity index (χ3v) is 3.94. The molecule has 5 heteroatoms. The molecule has 0 aliphatic carbocycles. The fourth-order valence-electron chi connectivity index (χ4n) is 2.73.